The van der Waals surface area contributed by atoms with E-state index >= 15 is 0 Å². The van der Waals surface area contributed by atoms with Crippen LogP contribution >= 0.6 is 0 Å². The van der Waals surface area contributed by atoms with Gasteiger partial charge in [0.1, 0.15) is 5.60 Å². The monoisotopic (exact) mass is 320 g/mol. The van der Waals surface area contributed by atoms with Crippen LogP contribution in [0.15, 0.2) is 0 Å². The standard InChI is InChI=1S/C21H36O2/c1-6-8-14(3)21(23-19(22)20(4,5)7-2)17-10-15-9-16(12-17)13-18(21)11-15/h14-18H,6-13H2,1-5H3. The summed E-state index contributed by atoms with van der Waals surface area (Å²) in [5.74, 6) is 3.62. The molecule has 4 saturated carbocycles. The van der Waals surface area contributed by atoms with Crippen molar-refractivity contribution in [2.45, 2.75) is 91.6 Å². The number of hydrogen-bond donors (Lipinski definition) is 0. The van der Waals surface area contributed by atoms with Gasteiger partial charge in [-0.25, -0.2) is 0 Å². The third kappa shape index (κ3) is 2.74. The first kappa shape index (κ1) is 17.3. The number of rotatable bonds is 6. The molecule has 23 heavy (non-hydrogen) atoms. The molecule has 1 unspecified atom stereocenters. The summed E-state index contributed by atoms with van der Waals surface area (Å²) in [7, 11) is 0. The molecule has 132 valence electrons. The molecule has 4 rings (SSSR count). The van der Waals surface area contributed by atoms with Crippen molar-refractivity contribution >= 4 is 5.97 Å². The molecule has 0 spiro atoms. The average molecular weight is 321 g/mol. The van der Waals surface area contributed by atoms with Crippen LogP contribution in [-0.4, -0.2) is 11.6 Å². The van der Waals surface area contributed by atoms with E-state index < -0.39 is 0 Å². The van der Waals surface area contributed by atoms with Gasteiger partial charge in [-0.05, 0) is 88.4 Å². The molecule has 2 nitrogen and oxygen atoms in total. The lowest BCUT2D eigenvalue weighted by molar-refractivity contribution is -0.234. The minimum Gasteiger partial charge on any atom is -0.458 e. The summed E-state index contributed by atoms with van der Waals surface area (Å²) in [5.41, 5.74) is -0.513. The summed E-state index contributed by atoms with van der Waals surface area (Å²) >= 11 is 0. The van der Waals surface area contributed by atoms with Crippen LogP contribution in [0.4, 0.5) is 0 Å². The molecule has 0 aromatic carbocycles. The van der Waals surface area contributed by atoms with Crippen molar-refractivity contribution < 1.29 is 9.53 Å². The highest BCUT2D eigenvalue weighted by Crippen LogP contribution is 2.62. The van der Waals surface area contributed by atoms with Gasteiger partial charge in [-0.15, -0.1) is 0 Å². The highest BCUT2D eigenvalue weighted by molar-refractivity contribution is 5.76. The van der Waals surface area contributed by atoms with Crippen LogP contribution in [0.25, 0.3) is 0 Å². The van der Waals surface area contributed by atoms with Gasteiger partial charge in [-0.2, -0.15) is 0 Å². The molecular weight excluding hydrogens is 284 g/mol. The summed E-state index contributed by atoms with van der Waals surface area (Å²) in [6, 6.07) is 0. The van der Waals surface area contributed by atoms with Gasteiger partial charge in [0.25, 0.3) is 0 Å². The minimum atomic E-state index is -0.354. The second kappa shape index (κ2) is 6.08. The van der Waals surface area contributed by atoms with Crippen molar-refractivity contribution in [2.75, 3.05) is 0 Å². The van der Waals surface area contributed by atoms with E-state index in [4.69, 9.17) is 4.74 Å². The fourth-order valence-corrected chi connectivity index (χ4v) is 6.09. The smallest absolute Gasteiger partial charge is 0.312 e. The molecule has 1 atom stereocenters. The highest BCUT2D eigenvalue weighted by atomic mass is 16.6. The zero-order valence-corrected chi connectivity index (χ0v) is 15.9. The second-order valence-electron chi connectivity index (χ2n) is 9.47. The van der Waals surface area contributed by atoms with Crippen molar-refractivity contribution in [1.29, 1.82) is 0 Å². The van der Waals surface area contributed by atoms with E-state index in [1.807, 2.05) is 13.8 Å². The van der Waals surface area contributed by atoms with Crippen LogP contribution < -0.4 is 0 Å². The number of hydrogen-bond acceptors (Lipinski definition) is 2. The maximum absolute atomic E-state index is 13.0. The third-order valence-corrected chi connectivity index (χ3v) is 7.61. The summed E-state index contributed by atoms with van der Waals surface area (Å²) in [6.45, 7) is 10.8. The van der Waals surface area contributed by atoms with Gasteiger partial charge < -0.3 is 4.74 Å². The Morgan fingerprint density at radius 3 is 2.04 bits per heavy atom. The first-order valence-corrected chi connectivity index (χ1v) is 10.1. The lowest BCUT2D eigenvalue weighted by Gasteiger charge is -2.62. The van der Waals surface area contributed by atoms with Crippen LogP contribution in [0.5, 0.6) is 0 Å². The molecule has 4 aliphatic rings. The van der Waals surface area contributed by atoms with Crippen molar-refractivity contribution in [1.82, 2.24) is 0 Å². The summed E-state index contributed by atoms with van der Waals surface area (Å²) in [5, 5.41) is 0. The van der Waals surface area contributed by atoms with E-state index in [0.717, 1.165) is 18.3 Å². The molecule has 0 radical (unpaired) electrons. The van der Waals surface area contributed by atoms with Gasteiger partial charge in [0.2, 0.25) is 0 Å². The fraction of sp³-hybridized carbons (Fsp3) is 0.952. The molecule has 0 heterocycles. The van der Waals surface area contributed by atoms with Crippen LogP contribution in [0.2, 0.25) is 0 Å². The molecular formula is C21H36O2. The topological polar surface area (TPSA) is 26.3 Å². The van der Waals surface area contributed by atoms with E-state index in [1.165, 1.54) is 44.9 Å². The van der Waals surface area contributed by atoms with Gasteiger partial charge in [0.15, 0.2) is 0 Å². The predicted molar refractivity (Wildman–Crippen MR) is 94.0 cm³/mol. The largest absolute Gasteiger partial charge is 0.458 e. The van der Waals surface area contributed by atoms with Crippen LogP contribution in [0.1, 0.15) is 86.0 Å². The molecule has 2 heteroatoms. The van der Waals surface area contributed by atoms with E-state index in [0.29, 0.717) is 17.8 Å². The van der Waals surface area contributed by atoms with E-state index in [9.17, 15) is 4.79 Å². The van der Waals surface area contributed by atoms with Gasteiger partial charge in [-0.1, -0.05) is 27.2 Å². The van der Waals surface area contributed by atoms with Gasteiger partial charge in [0.05, 0.1) is 5.41 Å². The first-order chi connectivity index (χ1) is 10.8. The third-order valence-electron chi connectivity index (χ3n) is 7.61. The van der Waals surface area contributed by atoms with E-state index in [2.05, 4.69) is 20.8 Å². The Bertz CT molecular complexity index is 423. The normalized spacial score (nSPS) is 40.2. The van der Waals surface area contributed by atoms with Gasteiger partial charge in [0, 0.05) is 0 Å². The second-order valence-corrected chi connectivity index (χ2v) is 9.47. The Balaban J connectivity index is 1.91. The SMILES string of the molecule is CCCC(C)C1(OC(=O)C(C)(C)CC)C2CC3CC(C2)CC1C3. The quantitative estimate of drug-likeness (QED) is 0.596. The summed E-state index contributed by atoms with van der Waals surface area (Å²) < 4.78 is 6.55. The molecule has 0 aliphatic heterocycles. The Labute approximate surface area is 142 Å². The summed E-state index contributed by atoms with van der Waals surface area (Å²) in [4.78, 5) is 13.0. The summed E-state index contributed by atoms with van der Waals surface area (Å²) in [6.07, 6.45) is 9.89. The number of ether oxygens (including phenoxy) is 1. The van der Waals surface area contributed by atoms with Crippen molar-refractivity contribution in [2.24, 2.45) is 35.0 Å². The number of carbonyl (C=O) groups excluding carboxylic acids is 1. The maximum Gasteiger partial charge on any atom is 0.312 e. The van der Waals surface area contributed by atoms with Crippen molar-refractivity contribution in [3.8, 4) is 0 Å². The lowest BCUT2D eigenvalue weighted by Crippen LogP contribution is -2.63. The Morgan fingerprint density at radius 2 is 1.61 bits per heavy atom. The molecule has 4 aliphatic carbocycles. The Hall–Kier alpha value is -0.530. The average Bonchev–Trinajstić information content (AvgIpc) is 2.50. The van der Waals surface area contributed by atoms with E-state index in [1.54, 1.807) is 0 Å². The maximum atomic E-state index is 13.0. The molecule has 0 aromatic rings. The van der Waals surface area contributed by atoms with Gasteiger partial charge in [-0.3, -0.25) is 4.79 Å². The van der Waals surface area contributed by atoms with Crippen LogP contribution in [0.3, 0.4) is 0 Å². The minimum absolute atomic E-state index is 0.0513. The highest BCUT2D eigenvalue weighted by Gasteiger charge is 2.61. The van der Waals surface area contributed by atoms with Crippen molar-refractivity contribution in [3.63, 3.8) is 0 Å². The molecule has 4 fully saturated rings. The Kier molecular flexibility index (Phi) is 4.57. The van der Waals surface area contributed by atoms with E-state index in [-0.39, 0.29) is 17.0 Å². The van der Waals surface area contributed by atoms with Crippen molar-refractivity contribution in [3.05, 3.63) is 0 Å². The molecule has 0 N–H and O–H groups in total. The molecule has 0 aromatic heterocycles. The molecule has 0 saturated heterocycles. The Morgan fingerprint density at radius 1 is 1.09 bits per heavy atom. The molecule has 0 amide bonds. The fourth-order valence-electron chi connectivity index (χ4n) is 6.09. The number of esters is 1. The van der Waals surface area contributed by atoms with Crippen LogP contribution in [0, 0.1) is 35.0 Å². The zero-order valence-electron chi connectivity index (χ0n) is 15.9. The lowest BCUT2D eigenvalue weighted by atomic mass is 9.47. The van der Waals surface area contributed by atoms with Gasteiger partial charge >= 0.3 is 5.97 Å². The number of carbonyl (C=O) groups is 1. The first-order valence-electron chi connectivity index (χ1n) is 10.1. The van der Waals surface area contributed by atoms with Crippen LogP contribution in [-0.2, 0) is 9.53 Å². The zero-order chi connectivity index (χ0) is 16.8. The predicted octanol–water partition coefficient (Wildman–Crippen LogP) is 5.60. The molecule has 4 bridgehead atoms.